The number of ether oxygens (including phenoxy) is 2. The minimum absolute atomic E-state index is 0.0672. The van der Waals surface area contributed by atoms with Crippen LogP contribution in [-0.2, 0) is 11.3 Å². The predicted molar refractivity (Wildman–Crippen MR) is 56.6 cm³/mol. The normalized spacial score (nSPS) is 12.5. The van der Waals surface area contributed by atoms with Crippen molar-refractivity contribution in [1.82, 2.24) is 9.97 Å². The van der Waals surface area contributed by atoms with Crippen molar-refractivity contribution in [1.29, 1.82) is 0 Å². The van der Waals surface area contributed by atoms with Crippen LogP contribution in [0.2, 0.25) is 0 Å². The van der Waals surface area contributed by atoms with Crippen molar-refractivity contribution in [3.05, 3.63) is 17.5 Å². The fourth-order valence-corrected chi connectivity index (χ4v) is 1.21. The highest BCUT2D eigenvalue weighted by atomic mass is 16.5. The van der Waals surface area contributed by atoms with Crippen LogP contribution in [0.25, 0.3) is 0 Å². The van der Waals surface area contributed by atoms with Crippen molar-refractivity contribution in [2.75, 3.05) is 13.7 Å². The Labute approximate surface area is 89.6 Å². The van der Waals surface area contributed by atoms with Gasteiger partial charge in [0.05, 0.1) is 12.3 Å². The lowest BCUT2D eigenvalue weighted by atomic mass is 10.3. The smallest absolute Gasteiger partial charge is 0.317 e. The van der Waals surface area contributed by atoms with Crippen LogP contribution < -0.4 is 10.5 Å². The van der Waals surface area contributed by atoms with Crippen LogP contribution in [0.5, 0.6) is 6.01 Å². The molecule has 1 unspecified atom stereocenters. The minimum atomic E-state index is -0.0672. The molecule has 0 spiro atoms. The monoisotopic (exact) mass is 211 g/mol. The van der Waals surface area contributed by atoms with Crippen LogP contribution in [0, 0.1) is 6.92 Å². The van der Waals surface area contributed by atoms with Crippen molar-refractivity contribution in [2.24, 2.45) is 5.73 Å². The molecule has 1 aromatic heterocycles. The van der Waals surface area contributed by atoms with Gasteiger partial charge in [0.1, 0.15) is 6.10 Å². The lowest BCUT2D eigenvalue weighted by Gasteiger charge is -2.12. The zero-order valence-electron chi connectivity index (χ0n) is 9.36. The van der Waals surface area contributed by atoms with E-state index in [9.17, 15) is 0 Å². The maximum absolute atomic E-state index is 5.51. The molecule has 84 valence electrons. The van der Waals surface area contributed by atoms with Crippen LogP contribution in [0.3, 0.4) is 0 Å². The van der Waals surface area contributed by atoms with Gasteiger partial charge in [-0.2, -0.15) is 4.98 Å². The van der Waals surface area contributed by atoms with Gasteiger partial charge < -0.3 is 15.2 Å². The van der Waals surface area contributed by atoms with Gasteiger partial charge in [-0.3, -0.25) is 0 Å². The number of aryl methyl sites for hydroxylation is 1. The minimum Gasteiger partial charge on any atom is -0.458 e. The van der Waals surface area contributed by atoms with E-state index in [1.807, 2.05) is 19.9 Å². The SMILES string of the molecule is COCC(C)Oc1nc(C)cc(CN)n1. The Balaban J connectivity index is 2.71. The van der Waals surface area contributed by atoms with Gasteiger partial charge >= 0.3 is 6.01 Å². The molecule has 1 heterocycles. The van der Waals surface area contributed by atoms with Crippen LogP contribution in [0.4, 0.5) is 0 Å². The third-order valence-electron chi connectivity index (χ3n) is 1.80. The summed E-state index contributed by atoms with van der Waals surface area (Å²) in [5.74, 6) is 0. The van der Waals surface area contributed by atoms with E-state index in [2.05, 4.69) is 9.97 Å². The molecule has 0 amide bonds. The summed E-state index contributed by atoms with van der Waals surface area (Å²) in [5, 5.41) is 0. The van der Waals surface area contributed by atoms with E-state index in [0.717, 1.165) is 11.4 Å². The molecule has 5 heteroatoms. The van der Waals surface area contributed by atoms with Gasteiger partial charge in [-0.15, -0.1) is 0 Å². The second kappa shape index (κ2) is 5.63. The lowest BCUT2D eigenvalue weighted by Crippen LogP contribution is -2.20. The summed E-state index contributed by atoms with van der Waals surface area (Å²) in [5.41, 5.74) is 7.14. The topological polar surface area (TPSA) is 70.3 Å². The maximum atomic E-state index is 5.51. The quantitative estimate of drug-likeness (QED) is 0.774. The fraction of sp³-hybridized carbons (Fsp3) is 0.600. The number of hydrogen-bond donors (Lipinski definition) is 1. The molecular formula is C10H17N3O2. The van der Waals surface area contributed by atoms with Gasteiger partial charge in [-0.25, -0.2) is 4.98 Å². The first kappa shape index (κ1) is 11.9. The second-order valence-corrected chi connectivity index (χ2v) is 3.37. The Hall–Kier alpha value is -1.20. The molecule has 15 heavy (non-hydrogen) atoms. The molecule has 0 aliphatic rings. The molecule has 1 atom stereocenters. The summed E-state index contributed by atoms with van der Waals surface area (Å²) in [7, 11) is 1.63. The first-order chi connectivity index (χ1) is 7.15. The Kier molecular flexibility index (Phi) is 4.45. The average Bonchev–Trinajstić information content (AvgIpc) is 2.17. The second-order valence-electron chi connectivity index (χ2n) is 3.37. The number of aromatic nitrogens is 2. The summed E-state index contributed by atoms with van der Waals surface area (Å²) in [6.45, 7) is 4.68. The Morgan fingerprint density at radius 2 is 2.20 bits per heavy atom. The third-order valence-corrected chi connectivity index (χ3v) is 1.80. The van der Waals surface area contributed by atoms with E-state index in [1.54, 1.807) is 7.11 Å². The lowest BCUT2D eigenvalue weighted by molar-refractivity contribution is 0.0852. The Bertz CT molecular complexity index is 318. The van der Waals surface area contributed by atoms with E-state index in [0.29, 0.717) is 19.2 Å². The number of rotatable bonds is 5. The number of hydrogen-bond acceptors (Lipinski definition) is 5. The fourth-order valence-electron chi connectivity index (χ4n) is 1.21. The first-order valence-electron chi connectivity index (χ1n) is 4.86. The van der Waals surface area contributed by atoms with Gasteiger partial charge in [0, 0.05) is 19.3 Å². The predicted octanol–water partition coefficient (Wildman–Crippen LogP) is 0.657. The molecule has 5 nitrogen and oxygen atoms in total. The molecule has 0 radical (unpaired) electrons. The highest BCUT2D eigenvalue weighted by Crippen LogP contribution is 2.08. The first-order valence-corrected chi connectivity index (χ1v) is 4.86. The summed E-state index contributed by atoms with van der Waals surface area (Å²) in [4.78, 5) is 8.32. The van der Waals surface area contributed by atoms with E-state index < -0.39 is 0 Å². The Morgan fingerprint density at radius 3 is 2.80 bits per heavy atom. The van der Waals surface area contributed by atoms with Crippen molar-refractivity contribution < 1.29 is 9.47 Å². The number of nitrogens with two attached hydrogens (primary N) is 1. The highest BCUT2D eigenvalue weighted by Gasteiger charge is 2.07. The molecule has 0 bridgehead atoms. The van der Waals surface area contributed by atoms with Gasteiger partial charge in [-0.1, -0.05) is 0 Å². The summed E-state index contributed by atoms with van der Waals surface area (Å²) < 4.78 is 10.4. The van der Waals surface area contributed by atoms with E-state index >= 15 is 0 Å². The summed E-state index contributed by atoms with van der Waals surface area (Å²) in [6, 6.07) is 2.20. The molecule has 0 saturated heterocycles. The van der Waals surface area contributed by atoms with Gasteiger partial charge in [0.2, 0.25) is 0 Å². The largest absolute Gasteiger partial charge is 0.458 e. The number of methoxy groups -OCH3 is 1. The zero-order valence-corrected chi connectivity index (χ0v) is 9.36. The molecule has 2 N–H and O–H groups in total. The molecule has 1 aromatic rings. The molecule has 0 aliphatic carbocycles. The third kappa shape index (κ3) is 3.81. The summed E-state index contributed by atoms with van der Waals surface area (Å²) >= 11 is 0. The van der Waals surface area contributed by atoms with Crippen LogP contribution in [-0.4, -0.2) is 29.8 Å². The van der Waals surface area contributed by atoms with Crippen molar-refractivity contribution in [3.8, 4) is 6.01 Å². The highest BCUT2D eigenvalue weighted by molar-refractivity contribution is 5.12. The molecule has 1 rings (SSSR count). The Morgan fingerprint density at radius 1 is 1.47 bits per heavy atom. The zero-order chi connectivity index (χ0) is 11.3. The molecule has 0 fully saturated rings. The van der Waals surface area contributed by atoms with Gasteiger partial charge in [0.25, 0.3) is 0 Å². The summed E-state index contributed by atoms with van der Waals surface area (Å²) in [6.07, 6.45) is -0.0672. The van der Waals surface area contributed by atoms with Crippen molar-refractivity contribution in [2.45, 2.75) is 26.5 Å². The molecule has 0 saturated carbocycles. The van der Waals surface area contributed by atoms with E-state index in [1.165, 1.54) is 0 Å². The standard InChI is InChI=1S/C10H17N3O2/c1-7-4-9(5-11)13-10(12-7)15-8(2)6-14-3/h4,8H,5-6,11H2,1-3H3. The van der Waals surface area contributed by atoms with E-state index in [4.69, 9.17) is 15.2 Å². The van der Waals surface area contributed by atoms with Crippen molar-refractivity contribution in [3.63, 3.8) is 0 Å². The van der Waals surface area contributed by atoms with Crippen LogP contribution >= 0.6 is 0 Å². The number of nitrogens with zero attached hydrogens (tertiary/aromatic N) is 2. The van der Waals surface area contributed by atoms with Gasteiger partial charge in [0.15, 0.2) is 0 Å². The molecule has 0 aromatic carbocycles. The average molecular weight is 211 g/mol. The van der Waals surface area contributed by atoms with E-state index in [-0.39, 0.29) is 6.10 Å². The molecule has 0 aliphatic heterocycles. The van der Waals surface area contributed by atoms with Gasteiger partial charge in [-0.05, 0) is 19.9 Å². The van der Waals surface area contributed by atoms with Crippen LogP contribution in [0.1, 0.15) is 18.3 Å². The maximum Gasteiger partial charge on any atom is 0.317 e. The van der Waals surface area contributed by atoms with Crippen molar-refractivity contribution >= 4 is 0 Å². The molecular weight excluding hydrogens is 194 g/mol. The van der Waals surface area contributed by atoms with Crippen LogP contribution in [0.15, 0.2) is 6.07 Å².